The van der Waals surface area contributed by atoms with Gasteiger partial charge in [-0.1, -0.05) is 12.8 Å². The molecule has 0 radical (unpaired) electrons. The maximum Gasteiger partial charge on any atom is 0.222 e. The van der Waals surface area contributed by atoms with Crippen molar-refractivity contribution in [2.24, 2.45) is 13.0 Å². The summed E-state index contributed by atoms with van der Waals surface area (Å²) in [7, 11) is 2.04. The molecule has 1 atom stereocenters. The number of piperidine rings is 1. The molecule has 2 aromatic heterocycles. The molecule has 2 aromatic rings. The first kappa shape index (κ1) is 18.2. The third-order valence-corrected chi connectivity index (χ3v) is 6.31. The molecule has 27 heavy (non-hydrogen) atoms. The van der Waals surface area contributed by atoms with Crippen LogP contribution in [0.5, 0.6) is 0 Å². The first-order valence-corrected chi connectivity index (χ1v) is 10.3. The van der Waals surface area contributed by atoms with Crippen molar-refractivity contribution in [3.63, 3.8) is 0 Å². The minimum atomic E-state index is 0.279. The summed E-state index contributed by atoms with van der Waals surface area (Å²) >= 11 is 0. The number of aromatic nitrogens is 5. The molecule has 7 heteroatoms. The number of nitrogens with zero attached hydrogens (tertiary/aromatic N) is 6. The molecule has 4 rings (SSSR count). The van der Waals surface area contributed by atoms with Crippen LogP contribution in [0.2, 0.25) is 0 Å². The van der Waals surface area contributed by atoms with Crippen molar-refractivity contribution in [1.29, 1.82) is 0 Å². The zero-order chi connectivity index (χ0) is 18.8. The Bertz CT molecular complexity index is 788. The van der Waals surface area contributed by atoms with Crippen LogP contribution in [0.1, 0.15) is 68.3 Å². The summed E-state index contributed by atoms with van der Waals surface area (Å²) in [5, 5.41) is 8.91. The molecular formula is C20H30N6O. The summed E-state index contributed by atoms with van der Waals surface area (Å²) < 4.78 is 4.18. The molecule has 0 aromatic carbocycles. The molecule has 0 N–H and O–H groups in total. The SMILES string of the molecule is Cc1nccn1Cc1nnc([C@@H]2CCCN(C(=O)CC3CCCC3)C2)n1C. The first-order chi connectivity index (χ1) is 13.1. The van der Waals surface area contributed by atoms with Crippen LogP contribution in [0.3, 0.4) is 0 Å². The van der Waals surface area contributed by atoms with Crippen molar-refractivity contribution in [1.82, 2.24) is 29.2 Å². The number of rotatable bonds is 5. The normalized spacial score (nSPS) is 21.1. The molecule has 1 aliphatic carbocycles. The van der Waals surface area contributed by atoms with Crippen LogP contribution < -0.4 is 0 Å². The number of amides is 1. The van der Waals surface area contributed by atoms with E-state index >= 15 is 0 Å². The molecule has 0 bridgehead atoms. The van der Waals surface area contributed by atoms with Gasteiger partial charge in [-0.05, 0) is 38.5 Å². The van der Waals surface area contributed by atoms with Gasteiger partial charge in [-0.25, -0.2) is 4.98 Å². The fourth-order valence-electron chi connectivity index (χ4n) is 4.60. The molecule has 1 saturated heterocycles. The summed E-state index contributed by atoms with van der Waals surface area (Å²) in [5.41, 5.74) is 0. The van der Waals surface area contributed by atoms with Gasteiger partial charge in [0.1, 0.15) is 11.6 Å². The number of hydrogen-bond acceptors (Lipinski definition) is 4. The monoisotopic (exact) mass is 370 g/mol. The Morgan fingerprint density at radius 1 is 1.19 bits per heavy atom. The summed E-state index contributed by atoms with van der Waals surface area (Å²) in [4.78, 5) is 19.1. The second-order valence-electron chi connectivity index (χ2n) is 8.17. The largest absolute Gasteiger partial charge is 0.342 e. The Morgan fingerprint density at radius 3 is 2.74 bits per heavy atom. The zero-order valence-corrected chi connectivity index (χ0v) is 16.5. The van der Waals surface area contributed by atoms with Crippen molar-refractivity contribution in [2.75, 3.05) is 13.1 Å². The molecule has 0 spiro atoms. The van der Waals surface area contributed by atoms with Crippen molar-refractivity contribution in [2.45, 2.75) is 64.3 Å². The van der Waals surface area contributed by atoms with Gasteiger partial charge in [0.25, 0.3) is 0 Å². The van der Waals surface area contributed by atoms with E-state index in [1.807, 2.05) is 26.4 Å². The fraction of sp³-hybridized carbons (Fsp3) is 0.700. The van der Waals surface area contributed by atoms with E-state index in [9.17, 15) is 4.79 Å². The molecular weight excluding hydrogens is 340 g/mol. The van der Waals surface area contributed by atoms with Crippen molar-refractivity contribution < 1.29 is 4.79 Å². The van der Waals surface area contributed by atoms with Crippen LogP contribution >= 0.6 is 0 Å². The van der Waals surface area contributed by atoms with Gasteiger partial charge >= 0.3 is 0 Å². The van der Waals surface area contributed by atoms with Gasteiger partial charge in [0, 0.05) is 44.9 Å². The predicted molar refractivity (Wildman–Crippen MR) is 102 cm³/mol. The first-order valence-electron chi connectivity index (χ1n) is 10.3. The zero-order valence-electron chi connectivity index (χ0n) is 16.5. The lowest BCUT2D eigenvalue weighted by Gasteiger charge is -2.33. The predicted octanol–water partition coefficient (Wildman–Crippen LogP) is 2.65. The van der Waals surface area contributed by atoms with E-state index in [2.05, 4.69) is 29.2 Å². The van der Waals surface area contributed by atoms with Gasteiger partial charge in [0.2, 0.25) is 5.91 Å². The van der Waals surface area contributed by atoms with E-state index in [-0.39, 0.29) is 5.92 Å². The van der Waals surface area contributed by atoms with Crippen LogP contribution in [-0.2, 0) is 18.4 Å². The highest BCUT2D eigenvalue weighted by molar-refractivity contribution is 5.76. The van der Waals surface area contributed by atoms with E-state index in [0.717, 1.165) is 49.8 Å². The van der Waals surface area contributed by atoms with E-state index < -0.39 is 0 Å². The summed E-state index contributed by atoms with van der Waals surface area (Å²) in [6.45, 7) is 4.33. The minimum absolute atomic E-state index is 0.279. The number of aryl methyl sites for hydroxylation is 1. The molecule has 1 aliphatic heterocycles. The highest BCUT2D eigenvalue weighted by atomic mass is 16.2. The van der Waals surface area contributed by atoms with Gasteiger partial charge in [0.15, 0.2) is 5.82 Å². The number of imidazole rings is 1. The van der Waals surface area contributed by atoms with Gasteiger partial charge in [-0.15, -0.1) is 10.2 Å². The Labute approximate surface area is 160 Å². The average Bonchev–Trinajstić information content (AvgIpc) is 3.40. The average molecular weight is 371 g/mol. The smallest absolute Gasteiger partial charge is 0.222 e. The van der Waals surface area contributed by atoms with Gasteiger partial charge in [-0.3, -0.25) is 4.79 Å². The Kier molecular flexibility index (Phi) is 5.27. The third kappa shape index (κ3) is 3.92. The summed E-state index contributed by atoms with van der Waals surface area (Å²) in [6, 6.07) is 0. The third-order valence-electron chi connectivity index (χ3n) is 6.31. The number of likely N-dealkylation sites (tertiary alicyclic amines) is 1. The highest BCUT2D eigenvalue weighted by Crippen LogP contribution is 2.30. The van der Waals surface area contributed by atoms with Crippen LogP contribution in [0.25, 0.3) is 0 Å². The van der Waals surface area contributed by atoms with E-state index in [4.69, 9.17) is 0 Å². The molecule has 0 unspecified atom stereocenters. The topological polar surface area (TPSA) is 68.8 Å². The minimum Gasteiger partial charge on any atom is -0.342 e. The van der Waals surface area contributed by atoms with E-state index in [0.29, 0.717) is 18.4 Å². The summed E-state index contributed by atoms with van der Waals surface area (Å²) in [5.74, 6) is 4.13. The number of hydrogen-bond donors (Lipinski definition) is 0. The van der Waals surface area contributed by atoms with Crippen LogP contribution in [-0.4, -0.2) is 48.2 Å². The van der Waals surface area contributed by atoms with Gasteiger partial charge in [0.05, 0.1) is 6.54 Å². The molecule has 1 saturated carbocycles. The Hall–Kier alpha value is -2.18. The van der Waals surface area contributed by atoms with E-state index in [1.165, 1.54) is 25.7 Å². The van der Waals surface area contributed by atoms with Crippen LogP contribution in [0.4, 0.5) is 0 Å². The fourth-order valence-corrected chi connectivity index (χ4v) is 4.60. The second-order valence-corrected chi connectivity index (χ2v) is 8.17. The van der Waals surface area contributed by atoms with Crippen LogP contribution in [0.15, 0.2) is 12.4 Å². The van der Waals surface area contributed by atoms with Crippen molar-refractivity contribution >= 4 is 5.91 Å². The molecule has 7 nitrogen and oxygen atoms in total. The van der Waals surface area contributed by atoms with Crippen molar-refractivity contribution in [3.8, 4) is 0 Å². The maximum atomic E-state index is 12.7. The molecule has 3 heterocycles. The second kappa shape index (κ2) is 7.82. The van der Waals surface area contributed by atoms with Crippen LogP contribution in [0, 0.1) is 12.8 Å². The number of carbonyl (C=O) groups excluding carboxylic acids is 1. The number of carbonyl (C=O) groups is 1. The van der Waals surface area contributed by atoms with Gasteiger partial charge < -0.3 is 14.0 Å². The Morgan fingerprint density at radius 2 is 2.00 bits per heavy atom. The lowest BCUT2D eigenvalue weighted by molar-refractivity contribution is -0.133. The van der Waals surface area contributed by atoms with E-state index in [1.54, 1.807) is 0 Å². The maximum absolute atomic E-state index is 12.7. The highest BCUT2D eigenvalue weighted by Gasteiger charge is 2.30. The van der Waals surface area contributed by atoms with Gasteiger partial charge in [-0.2, -0.15) is 0 Å². The lowest BCUT2D eigenvalue weighted by Crippen LogP contribution is -2.40. The quantitative estimate of drug-likeness (QED) is 0.811. The van der Waals surface area contributed by atoms with Crippen molar-refractivity contribution in [3.05, 3.63) is 29.9 Å². The molecule has 2 aliphatic rings. The Balaban J connectivity index is 1.42. The molecule has 146 valence electrons. The standard InChI is InChI=1S/C20H30N6O/c1-15-21-9-11-25(15)14-18-22-23-20(24(18)2)17-8-5-10-26(13-17)19(27)12-16-6-3-4-7-16/h9,11,16-17H,3-8,10,12-14H2,1-2H3/t17-/m1/s1. The molecule has 2 fully saturated rings. The molecule has 1 amide bonds. The summed E-state index contributed by atoms with van der Waals surface area (Å²) in [6.07, 6.45) is 11.7. The lowest BCUT2D eigenvalue weighted by atomic mass is 9.95.